The number of nitrogens with one attached hydrogen (secondary N) is 1. The maximum atomic E-state index is 5.04. The molecule has 1 aromatic carbocycles. The summed E-state index contributed by atoms with van der Waals surface area (Å²) < 4.78 is 2.04. The zero-order valence-corrected chi connectivity index (χ0v) is 11.5. The Balaban J connectivity index is 1.89. The fourth-order valence-corrected chi connectivity index (χ4v) is 2.49. The van der Waals surface area contributed by atoms with Crippen molar-refractivity contribution in [3.8, 4) is 0 Å². The van der Waals surface area contributed by atoms with Gasteiger partial charge in [0.15, 0.2) is 0 Å². The van der Waals surface area contributed by atoms with Crippen LogP contribution in [0.3, 0.4) is 0 Å². The van der Waals surface area contributed by atoms with Crippen molar-refractivity contribution in [1.29, 1.82) is 0 Å². The van der Waals surface area contributed by atoms with E-state index in [1.54, 1.807) is 17.2 Å². The number of aromatic amines is 1. The van der Waals surface area contributed by atoms with Gasteiger partial charge in [0.25, 0.3) is 0 Å². The van der Waals surface area contributed by atoms with Gasteiger partial charge in [0.2, 0.25) is 4.77 Å². The Kier molecular flexibility index (Phi) is 3.16. The molecule has 2 aromatic rings. The summed E-state index contributed by atoms with van der Waals surface area (Å²) in [6.07, 6.45) is 5.70. The molecule has 6 heteroatoms. The molecule has 0 saturated carbocycles. The van der Waals surface area contributed by atoms with Crippen molar-refractivity contribution in [2.75, 3.05) is 18.5 Å². The Labute approximate surface area is 116 Å². The molecule has 3 rings (SSSR count). The number of aryl methyl sites for hydroxylation is 1. The largest absolute Gasteiger partial charge is 0.374 e. The van der Waals surface area contributed by atoms with Crippen molar-refractivity contribution in [2.24, 2.45) is 5.10 Å². The van der Waals surface area contributed by atoms with E-state index in [0.29, 0.717) is 4.77 Å². The Bertz CT molecular complexity index is 670. The predicted octanol–water partition coefficient (Wildman–Crippen LogP) is 2.21. The van der Waals surface area contributed by atoms with Crippen LogP contribution in [0.2, 0.25) is 0 Å². The van der Waals surface area contributed by atoms with Crippen LogP contribution < -0.4 is 4.90 Å². The first-order valence-corrected chi connectivity index (χ1v) is 6.65. The van der Waals surface area contributed by atoms with Crippen LogP contribution in [0, 0.1) is 4.77 Å². The molecule has 0 saturated heterocycles. The molecule has 0 fully saturated rings. The van der Waals surface area contributed by atoms with Crippen molar-refractivity contribution in [3.05, 3.63) is 40.4 Å². The molecule has 98 valence electrons. The maximum Gasteiger partial charge on any atom is 0.216 e. The minimum absolute atomic E-state index is 0.494. The smallest absolute Gasteiger partial charge is 0.216 e. The standard InChI is InChI=1S/C13H15N5S/c1-17-6-2-3-11-7-10(4-5-12(11)17)8-15-18-9-14-16-13(18)19/h4-5,7-9H,2-3,6H2,1H3,(H,16,19). The predicted molar refractivity (Wildman–Crippen MR) is 78.4 cm³/mol. The van der Waals surface area contributed by atoms with Gasteiger partial charge in [0.1, 0.15) is 6.33 Å². The topological polar surface area (TPSA) is 49.2 Å². The second-order valence-electron chi connectivity index (χ2n) is 4.66. The molecular formula is C13H15N5S. The summed E-state index contributed by atoms with van der Waals surface area (Å²) in [5.41, 5.74) is 3.79. The molecule has 0 bridgehead atoms. The molecule has 1 aliphatic heterocycles. The highest BCUT2D eigenvalue weighted by Gasteiger charge is 2.12. The SMILES string of the molecule is CN1CCCc2cc(C=Nn3cn[nH]c3=S)ccc21. The van der Waals surface area contributed by atoms with Gasteiger partial charge < -0.3 is 4.90 Å². The Morgan fingerprint density at radius 3 is 3.16 bits per heavy atom. The van der Waals surface area contributed by atoms with Crippen LogP contribution in [-0.2, 0) is 6.42 Å². The summed E-state index contributed by atoms with van der Waals surface area (Å²) in [5, 5.41) is 10.8. The van der Waals surface area contributed by atoms with E-state index in [1.807, 2.05) is 0 Å². The molecule has 5 nitrogen and oxygen atoms in total. The molecule has 0 aliphatic carbocycles. The lowest BCUT2D eigenvalue weighted by molar-refractivity contribution is 0.744. The lowest BCUT2D eigenvalue weighted by Crippen LogP contribution is -2.24. The van der Waals surface area contributed by atoms with Gasteiger partial charge in [-0.15, -0.1) is 0 Å². The number of fused-ring (bicyclic) bond motifs is 1. The van der Waals surface area contributed by atoms with Gasteiger partial charge >= 0.3 is 0 Å². The molecule has 1 aromatic heterocycles. The van der Waals surface area contributed by atoms with Gasteiger partial charge in [-0.3, -0.25) is 5.10 Å². The van der Waals surface area contributed by atoms with Gasteiger partial charge in [0.05, 0.1) is 6.21 Å². The van der Waals surface area contributed by atoms with Crippen LogP contribution >= 0.6 is 12.2 Å². The molecule has 0 spiro atoms. The molecular weight excluding hydrogens is 258 g/mol. The third-order valence-electron chi connectivity index (χ3n) is 3.32. The number of hydrogen-bond acceptors (Lipinski definition) is 4. The van der Waals surface area contributed by atoms with Crippen LogP contribution in [-0.4, -0.2) is 34.7 Å². The Hall–Kier alpha value is -1.95. The fraction of sp³-hybridized carbons (Fsp3) is 0.308. The molecule has 19 heavy (non-hydrogen) atoms. The van der Waals surface area contributed by atoms with Crippen LogP contribution in [0.5, 0.6) is 0 Å². The number of rotatable bonds is 2. The fourth-order valence-electron chi connectivity index (χ4n) is 2.34. The van der Waals surface area contributed by atoms with Crippen LogP contribution in [0.1, 0.15) is 17.5 Å². The molecule has 0 atom stereocenters. The average molecular weight is 273 g/mol. The quantitative estimate of drug-likeness (QED) is 0.674. The van der Waals surface area contributed by atoms with Gasteiger partial charge in [-0.1, -0.05) is 6.07 Å². The molecule has 0 amide bonds. The number of benzene rings is 1. The van der Waals surface area contributed by atoms with Crippen LogP contribution in [0.4, 0.5) is 5.69 Å². The highest BCUT2D eigenvalue weighted by atomic mass is 32.1. The minimum Gasteiger partial charge on any atom is -0.374 e. The first-order valence-electron chi connectivity index (χ1n) is 6.24. The number of aromatic nitrogens is 3. The first-order chi connectivity index (χ1) is 9.24. The third kappa shape index (κ3) is 2.44. The second-order valence-corrected chi connectivity index (χ2v) is 5.05. The second kappa shape index (κ2) is 4.97. The summed E-state index contributed by atoms with van der Waals surface area (Å²) in [6, 6.07) is 6.43. The van der Waals surface area contributed by atoms with E-state index in [4.69, 9.17) is 12.2 Å². The molecule has 2 heterocycles. The summed E-state index contributed by atoms with van der Waals surface area (Å²) in [4.78, 5) is 2.30. The number of hydrogen-bond donors (Lipinski definition) is 1. The van der Waals surface area contributed by atoms with Crippen molar-refractivity contribution in [2.45, 2.75) is 12.8 Å². The summed E-state index contributed by atoms with van der Waals surface area (Å²) >= 11 is 5.04. The molecule has 0 unspecified atom stereocenters. The van der Waals surface area contributed by atoms with Crippen molar-refractivity contribution in [3.63, 3.8) is 0 Å². The number of H-pyrrole nitrogens is 1. The van der Waals surface area contributed by atoms with E-state index in [9.17, 15) is 0 Å². The third-order valence-corrected chi connectivity index (χ3v) is 3.60. The average Bonchev–Trinajstić information content (AvgIpc) is 2.82. The lowest BCUT2D eigenvalue weighted by atomic mass is 10.00. The number of nitrogens with zero attached hydrogens (tertiary/aromatic N) is 4. The van der Waals surface area contributed by atoms with E-state index >= 15 is 0 Å². The Morgan fingerprint density at radius 1 is 1.47 bits per heavy atom. The van der Waals surface area contributed by atoms with Crippen molar-refractivity contribution < 1.29 is 0 Å². The van der Waals surface area contributed by atoms with Gasteiger partial charge in [-0.25, -0.2) is 0 Å². The highest BCUT2D eigenvalue weighted by Crippen LogP contribution is 2.26. The zero-order valence-electron chi connectivity index (χ0n) is 10.7. The monoisotopic (exact) mass is 273 g/mol. The van der Waals surface area contributed by atoms with Crippen molar-refractivity contribution in [1.82, 2.24) is 14.9 Å². The van der Waals surface area contributed by atoms with Gasteiger partial charge in [-0.2, -0.15) is 14.9 Å². The van der Waals surface area contributed by atoms with Crippen LogP contribution in [0.15, 0.2) is 29.6 Å². The van der Waals surface area contributed by atoms with Gasteiger partial charge in [-0.05, 0) is 48.3 Å². The van der Waals surface area contributed by atoms with Crippen LogP contribution in [0.25, 0.3) is 0 Å². The Morgan fingerprint density at radius 2 is 2.37 bits per heavy atom. The first kappa shape index (κ1) is 12.1. The molecule has 1 N–H and O–H groups in total. The molecule has 1 aliphatic rings. The van der Waals surface area contributed by atoms with E-state index in [1.165, 1.54) is 17.7 Å². The summed E-state index contributed by atoms with van der Waals surface area (Å²) in [6.45, 7) is 1.13. The van der Waals surface area contributed by atoms with Crippen molar-refractivity contribution >= 4 is 24.1 Å². The minimum atomic E-state index is 0.494. The van der Waals surface area contributed by atoms with Gasteiger partial charge in [0, 0.05) is 19.3 Å². The normalized spacial score (nSPS) is 14.9. The highest BCUT2D eigenvalue weighted by molar-refractivity contribution is 7.71. The van der Waals surface area contributed by atoms with E-state index in [0.717, 1.165) is 18.5 Å². The summed E-state index contributed by atoms with van der Waals surface area (Å²) in [7, 11) is 2.14. The van der Waals surface area contributed by atoms with E-state index in [-0.39, 0.29) is 0 Å². The van der Waals surface area contributed by atoms with E-state index < -0.39 is 0 Å². The summed E-state index contributed by atoms with van der Waals surface area (Å²) in [5.74, 6) is 0. The molecule has 0 radical (unpaired) electrons. The zero-order chi connectivity index (χ0) is 13.2. The van der Waals surface area contributed by atoms with E-state index in [2.05, 4.69) is 45.4 Å². The maximum absolute atomic E-state index is 5.04. The number of anilines is 1. The lowest BCUT2D eigenvalue weighted by Gasteiger charge is -2.27.